The number of hydrogen-bond donors (Lipinski definition) is 2. The van der Waals surface area contributed by atoms with Crippen LogP contribution in [0.1, 0.15) is 12.8 Å². The highest BCUT2D eigenvalue weighted by Crippen LogP contribution is 2.29. The minimum Gasteiger partial charge on any atom is -0.377 e. The smallest absolute Gasteiger partial charge is 0.231 e. The van der Waals surface area contributed by atoms with Gasteiger partial charge < -0.3 is 15.4 Å². The molecule has 2 aliphatic heterocycles. The van der Waals surface area contributed by atoms with Crippen molar-refractivity contribution in [3.05, 3.63) is 18.6 Å². The van der Waals surface area contributed by atoms with Gasteiger partial charge in [-0.15, -0.1) is 0 Å². The molecule has 19 heavy (non-hydrogen) atoms. The van der Waals surface area contributed by atoms with Crippen LogP contribution in [-0.4, -0.2) is 41.7 Å². The zero-order chi connectivity index (χ0) is 13.1. The molecule has 2 N–H and O–H groups in total. The van der Waals surface area contributed by atoms with Crippen molar-refractivity contribution in [1.82, 2.24) is 15.3 Å². The Labute approximate surface area is 112 Å². The first-order valence-electron chi connectivity index (χ1n) is 6.72. The third kappa shape index (κ3) is 2.90. The zero-order valence-corrected chi connectivity index (χ0v) is 10.7. The van der Waals surface area contributed by atoms with Crippen LogP contribution >= 0.6 is 0 Å². The summed E-state index contributed by atoms with van der Waals surface area (Å²) in [4.78, 5) is 20.1. The van der Waals surface area contributed by atoms with Gasteiger partial charge in [0.2, 0.25) is 5.91 Å². The Hall–Kier alpha value is -1.53. The van der Waals surface area contributed by atoms with Crippen molar-refractivity contribution in [2.45, 2.75) is 18.9 Å². The molecule has 3 rings (SSSR count). The number of nitrogens with zero attached hydrogens (tertiary/aromatic N) is 2. The maximum absolute atomic E-state index is 12.2. The molecule has 6 heteroatoms. The number of ether oxygens (including phenoxy) is 1. The van der Waals surface area contributed by atoms with Gasteiger partial charge in [-0.1, -0.05) is 0 Å². The third-order valence-corrected chi connectivity index (χ3v) is 3.82. The van der Waals surface area contributed by atoms with Gasteiger partial charge in [-0.2, -0.15) is 0 Å². The fraction of sp³-hybridized carbons (Fsp3) is 0.615. The van der Waals surface area contributed by atoms with Crippen LogP contribution in [0, 0.1) is 11.8 Å². The maximum Gasteiger partial charge on any atom is 0.231 e. The second kappa shape index (κ2) is 5.63. The second-order valence-corrected chi connectivity index (χ2v) is 5.14. The van der Waals surface area contributed by atoms with Gasteiger partial charge in [-0.25, -0.2) is 4.98 Å². The van der Waals surface area contributed by atoms with Crippen molar-refractivity contribution >= 4 is 11.7 Å². The molecule has 102 valence electrons. The lowest BCUT2D eigenvalue weighted by Gasteiger charge is -2.38. The number of amides is 1. The molecule has 3 atom stereocenters. The van der Waals surface area contributed by atoms with E-state index in [1.165, 1.54) is 0 Å². The van der Waals surface area contributed by atoms with E-state index in [1.54, 1.807) is 18.6 Å². The summed E-state index contributed by atoms with van der Waals surface area (Å²) in [7, 11) is 0. The summed E-state index contributed by atoms with van der Waals surface area (Å²) in [5, 5.41) is 6.15. The minimum absolute atomic E-state index is 0.0236. The van der Waals surface area contributed by atoms with Crippen molar-refractivity contribution in [3.8, 4) is 0 Å². The van der Waals surface area contributed by atoms with Crippen molar-refractivity contribution in [2.24, 2.45) is 11.8 Å². The topological polar surface area (TPSA) is 76.1 Å². The van der Waals surface area contributed by atoms with Crippen molar-refractivity contribution in [2.75, 3.05) is 25.0 Å². The van der Waals surface area contributed by atoms with E-state index in [0.29, 0.717) is 24.4 Å². The number of hydrogen-bond acceptors (Lipinski definition) is 5. The Bertz CT molecular complexity index is 440. The molecular formula is C13H18N4O2. The minimum atomic E-state index is -0.0943. The van der Waals surface area contributed by atoms with Crippen molar-refractivity contribution in [3.63, 3.8) is 0 Å². The Morgan fingerprint density at radius 1 is 1.47 bits per heavy atom. The van der Waals surface area contributed by atoms with E-state index in [2.05, 4.69) is 20.6 Å². The largest absolute Gasteiger partial charge is 0.377 e. The number of piperidine rings is 1. The highest BCUT2D eigenvalue weighted by atomic mass is 16.5. The van der Waals surface area contributed by atoms with E-state index >= 15 is 0 Å². The molecule has 0 aliphatic carbocycles. The fourth-order valence-corrected chi connectivity index (χ4v) is 2.80. The summed E-state index contributed by atoms with van der Waals surface area (Å²) in [6, 6.07) is 0. The number of anilines is 1. The van der Waals surface area contributed by atoms with Gasteiger partial charge in [0.05, 0.1) is 24.8 Å². The molecule has 2 fully saturated rings. The normalized spacial score (nSPS) is 30.4. The van der Waals surface area contributed by atoms with E-state index in [4.69, 9.17) is 4.74 Å². The Balaban J connectivity index is 1.59. The van der Waals surface area contributed by atoms with Gasteiger partial charge in [0.1, 0.15) is 0 Å². The third-order valence-electron chi connectivity index (χ3n) is 3.82. The van der Waals surface area contributed by atoms with Gasteiger partial charge >= 0.3 is 0 Å². The number of nitrogens with one attached hydrogen (secondary N) is 2. The van der Waals surface area contributed by atoms with Gasteiger partial charge in [-0.3, -0.25) is 9.78 Å². The van der Waals surface area contributed by atoms with E-state index in [-0.39, 0.29) is 11.8 Å². The number of carbonyl (C=O) groups is 1. The first-order valence-corrected chi connectivity index (χ1v) is 6.72. The van der Waals surface area contributed by atoms with Crippen LogP contribution in [0.15, 0.2) is 18.6 Å². The second-order valence-electron chi connectivity index (χ2n) is 5.14. The molecule has 2 saturated heterocycles. The Morgan fingerprint density at radius 3 is 3.26 bits per heavy atom. The summed E-state index contributed by atoms with van der Waals surface area (Å²) >= 11 is 0. The molecule has 1 aromatic heterocycles. The monoisotopic (exact) mass is 262 g/mol. The molecule has 0 spiro atoms. The first kappa shape index (κ1) is 12.5. The molecule has 0 bridgehead atoms. The van der Waals surface area contributed by atoms with E-state index in [0.717, 1.165) is 25.9 Å². The molecule has 3 heterocycles. The Morgan fingerprint density at radius 2 is 2.42 bits per heavy atom. The lowest BCUT2D eigenvalue weighted by molar-refractivity contribution is -0.131. The highest BCUT2D eigenvalue weighted by molar-refractivity contribution is 5.91. The van der Waals surface area contributed by atoms with Crippen LogP contribution in [0.25, 0.3) is 0 Å². The van der Waals surface area contributed by atoms with Gasteiger partial charge in [0.25, 0.3) is 0 Å². The molecule has 0 aromatic carbocycles. The molecule has 0 radical (unpaired) electrons. The number of aromatic nitrogens is 2. The SMILES string of the molecule is O=C(Nc1cnccn1)[C@@H]1CO[C@@H]2CCNC[C@@H]2C1. The summed E-state index contributed by atoms with van der Waals surface area (Å²) in [6.45, 7) is 2.46. The molecule has 1 amide bonds. The van der Waals surface area contributed by atoms with Crippen LogP contribution in [0.5, 0.6) is 0 Å². The average Bonchev–Trinajstić information content (AvgIpc) is 2.48. The van der Waals surface area contributed by atoms with Crippen molar-refractivity contribution < 1.29 is 9.53 Å². The molecule has 0 unspecified atom stereocenters. The number of carbonyl (C=O) groups excluding carboxylic acids is 1. The van der Waals surface area contributed by atoms with E-state index in [9.17, 15) is 4.79 Å². The van der Waals surface area contributed by atoms with Crippen LogP contribution in [0.4, 0.5) is 5.82 Å². The summed E-state index contributed by atoms with van der Waals surface area (Å²) in [5.74, 6) is 0.823. The van der Waals surface area contributed by atoms with Gasteiger partial charge in [-0.05, 0) is 25.3 Å². The standard InChI is InChI=1S/C13H18N4O2/c18-13(17-12-7-15-3-4-16-12)10-5-9-6-14-2-1-11(9)19-8-10/h3-4,7,9-11,14H,1-2,5-6,8H2,(H,16,17,18)/t9-,10-,11+/m0/s1. The van der Waals surface area contributed by atoms with Crippen LogP contribution < -0.4 is 10.6 Å². The van der Waals surface area contributed by atoms with Crippen LogP contribution in [0.3, 0.4) is 0 Å². The molecule has 6 nitrogen and oxygen atoms in total. The lowest BCUT2D eigenvalue weighted by Crippen LogP contribution is -2.48. The fourth-order valence-electron chi connectivity index (χ4n) is 2.80. The molecule has 1 aromatic rings. The molecular weight excluding hydrogens is 244 g/mol. The van der Waals surface area contributed by atoms with E-state index in [1.807, 2.05) is 0 Å². The molecule has 0 saturated carbocycles. The predicted molar refractivity (Wildman–Crippen MR) is 69.5 cm³/mol. The van der Waals surface area contributed by atoms with E-state index < -0.39 is 0 Å². The number of fused-ring (bicyclic) bond motifs is 1. The Kier molecular flexibility index (Phi) is 3.70. The highest BCUT2D eigenvalue weighted by Gasteiger charge is 2.36. The van der Waals surface area contributed by atoms with Crippen LogP contribution in [0.2, 0.25) is 0 Å². The lowest BCUT2D eigenvalue weighted by atomic mass is 9.84. The van der Waals surface area contributed by atoms with Crippen LogP contribution in [-0.2, 0) is 9.53 Å². The summed E-state index contributed by atoms with van der Waals surface area (Å²) < 4.78 is 5.82. The maximum atomic E-state index is 12.2. The average molecular weight is 262 g/mol. The quantitative estimate of drug-likeness (QED) is 0.808. The van der Waals surface area contributed by atoms with Gasteiger partial charge in [0, 0.05) is 18.9 Å². The predicted octanol–water partition coefficient (Wildman–Crippen LogP) is 0.430. The molecule has 2 aliphatic rings. The number of rotatable bonds is 2. The summed E-state index contributed by atoms with van der Waals surface area (Å²) in [5.41, 5.74) is 0. The van der Waals surface area contributed by atoms with Crippen molar-refractivity contribution in [1.29, 1.82) is 0 Å². The first-order chi connectivity index (χ1) is 9.33. The van der Waals surface area contributed by atoms with Gasteiger partial charge in [0.15, 0.2) is 5.82 Å². The summed E-state index contributed by atoms with van der Waals surface area (Å²) in [6.07, 6.45) is 6.94. The zero-order valence-electron chi connectivity index (χ0n) is 10.7.